The zero-order valence-electron chi connectivity index (χ0n) is 15.0. The molecule has 0 saturated carbocycles. The summed E-state index contributed by atoms with van der Waals surface area (Å²) in [6.45, 7) is 0. The van der Waals surface area contributed by atoms with Gasteiger partial charge in [0.1, 0.15) is 0 Å². The molecule has 7 nitrogen and oxygen atoms in total. The van der Waals surface area contributed by atoms with Gasteiger partial charge >= 0.3 is 0 Å². The van der Waals surface area contributed by atoms with Crippen LogP contribution in [0.3, 0.4) is 0 Å². The van der Waals surface area contributed by atoms with E-state index in [1.54, 1.807) is 10.9 Å². The van der Waals surface area contributed by atoms with Gasteiger partial charge in [-0.3, -0.25) is 4.79 Å². The van der Waals surface area contributed by atoms with Crippen molar-refractivity contribution in [1.82, 2.24) is 20.0 Å². The van der Waals surface area contributed by atoms with Crippen LogP contribution >= 0.6 is 0 Å². The normalized spacial score (nSPS) is 10.4. The number of nitrogens with one attached hydrogen (secondary N) is 2. The number of hydrogen-bond acceptors (Lipinski definition) is 5. The first-order valence-corrected chi connectivity index (χ1v) is 8.81. The summed E-state index contributed by atoms with van der Waals surface area (Å²) in [6, 6.07) is 22.6. The Hall–Kier alpha value is -4.00. The van der Waals surface area contributed by atoms with Crippen molar-refractivity contribution >= 4 is 23.1 Å². The Morgan fingerprint density at radius 3 is 2.32 bits per heavy atom. The van der Waals surface area contributed by atoms with Crippen LogP contribution in [0.25, 0.3) is 5.82 Å². The molecule has 0 spiro atoms. The van der Waals surface area contributed by atoms with E-state index >= 15 is 0 Å². The van der Waals surface area contributed by atoms with Crippen molar-refractivity contribution < 1.29 is 4.79 Å². The van der Waals surface area contributed by atoms with E-state index in [0.717, 1.165) is 16.9 Å². The molecule has 0 radical (unpaired) electrons. The predicted molar refractivity (Wildman–Crippen MR) is 108 cm³/mol. The van der Waals surface area contributed by atoms with Crippen molar-refractivity contribution in [2.75, 3.05) is 10.6 Å². The summed E-state index contributed by atoms with van der Waals surface area (Å²) in [7, 11) is 0. The van der Waals surface area contributed by atoms with E-state index < -0.39 is 0 Å². The minimum absolute atomic E-state index is 0.0491. The lowest BCUT2D eigenvalue weighted by Crippen LogP contribution is -2.14. The monoisotopic (exact) mass is 370 g/mol. The van der Waals surface area contributed by atoms with Gasteiger partial charge in [0.25, 0.3) is 0 Å². The van der Waals surface area contributed by atoms with E-state index in [1.165, 1.54) is 0 Å². The van der Waals surface area contributed by atoms with Crippen molar-refractivity contribution in [2.45, 2.75) is 6.42 Å². The van der Waals surface area contributed by atoms with Gasteiger partial charge in [-0.2, -0.15) is 5.10 Å². The Balaban J connectivity index is 1.35. The van der Waals surface area contributed by atoms with Gasteiger partial charge in [0.05, 0.1) is 6.42 Å². The lowest BCUT2D eigenvalue weighted by Gasteiger charge is -2.08. The molecule has 0 unspecified atom stereocenters. The van der Waals surface area contributed by atoms with E-state index in [1.807, 2.05) is 79.0 Å². The maximum Gasteiger partial charge on any atom is 0.228 e. The Kier molecular flexibility index (Phi) is 5.06. The van der Waals surface area contributed by atoms with Crippen molar-refractivity contribution in [3.63, 3.8) is 0 Å². The summed E-state index contributed by atoms with van der Waals surface area (Å²) < 4.78 is 1.64. The number of hydrogen-bond donors (Lipinski definition) is 2. The Morgan fingerprint density at radius 2 is 1.64 bits per heavy atom. The highest BCUT2D eigenvalue weighted by molar-refractivity contribution is 5.92. The van der Waals surface area contributed by atoms with Crippen molar-refractivity contribution in [2.24, 2.45) is 0 Å². The Morgan fingerprint density at radius 1 is 0.857 bits per heavy atom. The number of aromatic nitrogens is 4. The molecule has 4 aromatic rings. The number of anilines is 3. The lowest BCUT2D eigenvalue weighted by atomic mass is 10.1. The molecule has 0 fully saturated rings. The third-order valence-electron chi connectivity index (χ3n) is 4.04. The highest BCUT2D eigenvalue weighted by Gasteiger charge is 2.05. The highest BCUT2D eigenvalue weighted by atomic mass is 16.1. The average Bonchev–Trinajstić information content (AvgIpc) is 3.26. The zero-order chi connectivity index (χ0) is 19.2. The van der Waals surface area contributed by atoms with Crippen LogP contribution in [0.2, 0.25) is 0 Å². The van der Waals surface area contributed by atoms with Gasteiger partial charge in [-0.05, 0) is 48.0 Å². The quantitative estimate of drug-likeness (QED) is 0.542. The molecule has 1 amide bonds. The van der Waals surface area contributed by atoms with E-state index in [9.17, 15) is 4.79 Å². The topological polar surface area (TPSA) is 84.7 Å². The van der Waals surface area contributed by atoms with Crippen LogP contribution < -0.4 is 10.6 Å². The van der Waals surface area contributed by atoms with Gasteiger partial charge in [0.2, 0.25) is 5.91 Å². The molecule has 2 heterocycles. The van der Waals surface area contributed by atoms with Crippen LogP contribution in [0.5, 0.6) is 0 Å². The van der Waals surface area contributed by atoms with E-state index in [-0.39, 0.29) is 5.91 Å². The summed E-state index contributed by atoms with van der Waals surface area (Å²) in [6.07, 6.45) is 3.84. The number of nitrogens with zero attached hydrogens (tertiary/aromatic N) is 4. The fourth-order valence-electron chi connectivity index (χ4n) is 2.69. The number of carbonyl (C=O) groups is 1. The van der Waals surface area contributed by atoms with E-state index in [4.69, 9.17) is 0 Å². The fraction of sp³-hybridized carbons (Fsp3) is 0.0476. The smallest absolute Gasteiger partial charge is 0.228 e. The van der Waals surface area contributed by atoms with Gasteiger partial charge < -0.3 is 10.6 Å². The summed E-state index contributed by atoms with van der Waals surface area (Å²) in [5.41, 5.74) is 2.57. The third kappa shape index (κ3) is 4.39. The van der Waals surface area contributed by atoms with Crippen molar-refractivity contribution in [3.8, 4) is 5.82 Å². The Labute approximate surface area is 162 Å². The first-order chi connectivity index (χ1) is 13.8. The standard InChI is InChI=1S/C21H18N6O/c28-21(15-16-5-2-1-3-6-16)24-18-9-7-17(8-10-18)23-19-11-12-20(26-25-19)27-14-4-13-22-27/h1-14H,15H2,(H,23,25)(H,24,28). The summed E-state index contributed by atoms with van der Waals surface area (Å²) >= 11 is 0. The summed E-state index contributed by atoms with van der Waals surface area (Å²) in [5.74, 6) is 1.22. The molecule has 2 N–H and O–H groups in total. The number of rotatable bonds is 6. The second kappa shape index (κ2) is 8.13. The number of amides is 1. The molecular formula is C21H18N6O. The number of benzene rings is 2. The second-order valence-corrected chi connectivity index (χ2v) is 6.14. The maximum atomic E-state index is 12.1. The maximum absolute atomic E-state index is 12.1. The molecule has 0 bridgehead atoms. The highest BCUT2D eigenvalue weighted by Crippen LogP contribution is 2.18. The minimum atomic E-state index is -0.0491. The van der Waals surface area contributed by atoms with Crippen LogP contribution in [0.4, 0.5) is 17.2 Å². The lowest BCUT2D eigenvalue weighted by molar-refractivity contribution is -0.115. The predicted octanol–water partition coefficient (Wildman–Crippen LogP) is 3.59. The van der Waals surface area contributed by atoms with Gasteiger partial charge in [0.15, 0.2) is 11.6 Å². The summed E-state index contributed by atoms with van der Waals surface area (Å²) in [4.78, 5) is 12.1. The molecule has 0 saturated heterocycles. The second-order valence-electron chi connectivity index (χ2n) is 6.14. The van der Waals surface area contributed by atoms with Gasteiger partial charge in [-0.15, -0.1) is 10.2 Å². The SMILES string of the molecule is O=C(Cc1ccccc1)Nc1ccc(Nc2ccc(-n3cccn3)nn2)cc1. The minimum Gasteiger partial charge on any atom is -0.339 e. The molecule has 2 aromatic carbocycles. The zero-order valence-corrected chi connectivity index (χ0v) is 15.0. The largest absolute Gasteiger partial charge is 0.339 e. The van der Waals surface area contributed by atoms with Gasteiger partial charge in [0, 0.05) is 23.8 Å². The van der Waals surface area contributed by atoms with Crippen LogP contribution in [-0.2, 0) is 11.2 Å². The van der Waals surface area contributed by atoms with Crippen molar-refractivity contribution in [3.05, 3.63) is 90.8 Å². The molecule has 2 aromatic heterocycles. The third-order valence-corrected chi connectivity index (χ3v) is 4.04. The van der Waals surface area contributed by atoms with Crippen LogP contribution in [0.1, 0.15) is 5.56 Å². The number of carbonyl (C=O) groups excluding carboxylic acids is 1. The summed E-state index contributed by atoms with van der Waals surface area (Å²) in [5, 5.41) is 18.5. The van der Waals surface area contributed by atoms with Gasteiger partial charge in [-0.1, -0.05) is 30.3 Å². The molecular weight excluding hydrogens is 352 g/mol. The van der Waals surface area contributed by atoms with Gasteiger partial charge in [-0.25, -0.2) is 4.68 Å². The molecule has 28 heavy (non-hydrogen) atoms. The first kappa shape index (κ1) is 17.4. The molecule has 0 aliphatic carbocycles. The molecule has 0 aliphatic rings. The van der Waals surface area contributed by atoms with Crippen molar-refractivity contribution in [1.29, 1.82) is 0 Å². The van der Waals surface area contributed by atoms with Crippen LogP contribution in [0.15, 0.2) is 85.2 Å². The average molecular weight is 370 g/mol. The van der Waals surface area contributed by atoms with E-state index in [0.29, 0.717) is 18.1 Å². The van der Waals surface area contributed by atoms with Crippen LogP contribution in [0, 0.1) is 0 Å². The fourth-order valence-corrected chi connectivity index (χ4v) is 2.69. The molecule has 138 valence electrons. The van der Waals surface area contributed by atoms with E-state index in [2.05, 4.69) is 25.9 Å². The Bertz CT molecular complexity index is 1030. The molecule has 4 rings (SSSR count). The molecule has 0 aliphatic heterocycles. The molecule has 7 heteroatoms. The molecule has 0 atom stereocenters. The first-order valence-electron chi connectivity index (χ1n) is 8.81. The van der Waals surface area contributed by atoms with Crippen LogP contribution in [-0.4, -0.2) is 25.9 Å².